The number of nitrogens with one attached hydrogen (secondary N) is 1. The van der Waals surface area contributed by atoms with Crippen molar-refractivity contribution in [1.82, 2.24) is 14.5 Å². The highest BCUT2D eigenvalue weighted by Gasteiger charge is 2.22. The van der Waals surface area contributed by atoms with Gasteiger partial charge in [-0.2, -0.15) is 4.31 Å². The smallest absolute Gasteiger partial charge is 0.244 e. The molecule has 0 aromatic heterocycles. The monoisotopic (exact) mass is 381 g/mol. The molecule has 0 radical (unpaired) electrons. The second kappa shape index (κ2) is 8.07. The molecule has 9 heteroatoms. The molecule has 0 saturated carbocycles. The Kier molecular flexibility index (Phi) is 5.80. The molecule has 0 unspecified atom stereocenters. The normalized spacial score (nSPS) is 18.3. The molecule has 0 spiro atoms. The summed E-state index contributed by atoms with van der Waals surface area (Å²) in [5, 5.41) is 2.84. The fourth-order valence-corrected chi connectivity index (χ4v) is 3.70. The van der Waals surface area contributed by atoms with Crippen molar-refractivity contribution in [2.75, 3.05) is 52.3 Å². The molecule has 2 heterocycles. The van der Waals surface area contributed by atoms with E-state index in [-0.39, 0.29) is 12.7 Å². The summed E-state index contributed by atoms with van der Waals surface area (Å²) in [6.07, 6.45) is 4.44. The van der Waals surface area contributed by atoms with Crippen LogP contribution in [0, 0.1) is 0 Å². The molecule has 8 nitrogen and oxygen atoms in total. The minimum absolute atomic E-state index is 0.169. The topological polar surface area (TPSA) is 88.2 Å². The number of carbonyl (C=O) groups excluding carboxylic acids is 1. The van der Waals surface area contributed by atoms with E-state index in [1.807, 2.05) is 18.2 Å². The van der Waals surface area contributed by atoms with E-state index in [9.17, 15) is 13.2 Å². The standard InChI is InChI=1S/C17H23N3O5S/c1-26(22,23)20-10-8-19(9-11-20)7-6-18-17(21)5-3-14-2-4-15-16(12-14)25-13-24-15/h2-5,12H,6-11,13H2,1H3,(H,18,21)/b5-3-. The van der Waals surface area contributed by atoms with E-state index in [1.54, 1.807) is 6.08 Å². The van der Waals surface area contributed by atoms with Crippen molar-refractivity contribution in [1.29, 1.82) is 0 Å². The molecule has 1 N–H and O–H groups in total. The zero-order chi connectivity index (χ0) is 18.6. The number of ether oxygens (including phenoxy) is 2. The van der Waals surface area contributed by atoms with Crippen LogP contribution < -0.4 is 14.8 Å². The number of benzene rings is 1. The van der Waals surface area contributed by atoms with E-state index in [2.05, 4.69) is 10.2 Å². The second-order valence-corrected chi connectivity index (χ2v) is 8.22. The van der Waals surface area contributed by atoms with Gasteiger partial charge in [-0.3, -0.25) is 9.69 Å². The molecular formula is C17H23N3O5S. The third-order valence-corrected chi connectivity index (χ3v) is 5.65. The fourth-order valence-electron chi connectivity index (χ4n) is 2.87. The van der Waals surface area contributed by atoms with Crippen molar-refractivity contribution >= 4 is 22.0 Å². The van der Waals surface area contributed by atoms with Crippen LogP contribution in [0.1, 0.15) is 5.56 Å². The third kappa shape index (κ3) is 4.96. The van der Waals surface area contributed by atoms with E-state index >= 15 is 0 Å². The van der Waals surface area contributed by atoms with Crippen molar-refractivity contribution in [3.63, 3.8) is 0 Å². The molecule has 1 aromatic carbocycles. The summed E-state index contributed by atoms with van der Waals surface area (Å²) in [7, 11) is -3.11. The maximum absolute atomic E-state index is 11.9. The Bertz CT molecular complexity index is 786. The fraction of sp³-hybridized carbons (Fsp3) is 0.471. The number of nitrogens with zero attached hydrogens (tertiary/aromatic N) is 2. The highest BCUT2D eigenvalue weighted by Crippen LogP contribution is 2.32. The van der Waals surface area contributed by atoms with Gasteiger partial charge in [0.05, 0.1) is 6.26 Å². The molecule has 0 atom stereocenters. The number of hydrogen-bond acceptors (Lipinski definition) is 6. The number of hydrogen-bond donors (Lipinski definition) is 1. The summed E-state index contributed by atoms with van der Waals surface area (Å²) >= 11 is 0. The van der Waals surface area contributed by atoms with Crippen molar-refractivity contribution in [3.8, 4) is 11.5 Å². The van der Waals surface area contributed by atoms with Gasteiger partial charge in [-0.15, -0.1) is 0 Å². The molecule has 1 saturated heterocycles. The van der Waals surface area contributed by atoms with Crippen molar-refractivity contribution in [3.05, 3.63) is 29.8 Å². The van der Waals surface area contributed by atoms with Gasteiger partial charge in [0.15, 0.2) is 11.5 Å². The maximum Gasteiger partial charge on any atom is 0.244 e. The molecule has 2 aliphatic heterocycles. The molecule has 142 valence electrons. The molecule has 3 rings (SSSR count). The van der Waals surface area contributed by atoms with Crippen LogP contribution >= 0.6 is 0 Å². The van der Waals surface area contributed by atoms with Crippen LogP contribution in [0.4, 0.5) is 0 Å². The summed E-state index contributed by atoms with van der Waals surface area (Å²) in [5.41, 5.74) is 0.862. The Balaban J connectivity index is 1.38. The van der Waals surface area contributed by atoms with E-state index < -0.39 is 10.0 Å². The van der Waals surface area contributed by atoms with Gasteiger partial charge in [-0.05, 0) is 23.8 Å². The molecule has 1 aromatic rings. The lowest BCUT2D eigenvalue weighted by atomic mass is 10.2. The summed E-state index contributed by atoms with van der Waals surface area (Å²) in [5.74, 6) is 1.22. The zero-order valence-corrected chi connectivity index (χ0v) is 15.5. The van der Waals surface area contributed by atoms with Gasteiger partial charge in [0, 0.05) is 45.3 Å². The quantitative estimate of drug-likeness (QED) is 0.705. The van der Waals surface area contributed by atoms with Crippen LogP contribution in [-0.4, -0.2) is 75.8 Å². The Morgan fingerprint density at radius 1 is 1.19 bits per heavy atom. The number of rotatable bonds is 6. The van der Waals surface area contributed by atoms with Crippen molar-refractivity contribution in [2.45, 2.75) is 0 Å². The van der Waals surface area contributed by atoms with Crippen LogP contribution in [-0.2, 0) is 14.8 Å². The lowest BCUT2D eigenvalue weighted by molar-refractivity contribution is -0.116. The van der Waals surface area contributed by atoms with Gasteiger partial charge >= 0.3 is 0 Å². The minimum atomic E-state index is -3.11. The molecule has 2 aliphatic rings. The highest BCUT2D eigenvalue weighted by atomic mass is 32.2. The molecule has 1 amide bonds. The number of fused-ring (bicyclic) bond motifs is 1. The first-order valence-corrected chi connectivity index (χ1v) is 10.3. The highest BCUT2D eigenvalue weighted by molar-refractivity contribution is 7.88. The number of sulfonamides is 1. The lowest BCUT2D eigenvalue weighted by Gasteiger charge is -2.33. The van der Waals surface area contributed by atoms with Crippen LogP contribution in [0.5, 0.6) is 11.5 Å². The number of carbonyl (C=O) groups is 1. The van der Waals surface area contributed by atoms with Crippen molar-refractivity contribution in [2.24, 2.45) is 0 Å². The third-order valence-electron chi connectivity index (χ3n) is 4.35. The molecule has 0 aliphatic carbocycles. The van der Waals surface area contributed by atoms with Gasteiger partial charge in [0.1, 0.15) is 0 Å². The van der Waals surface area contributed by atoms with E-state index in [4.69, 9.17) is 9.47 Å². The number of piperazine rings is 1. The van der Waals surface area contributed by atoms with Gasteiger partial charge in [-0.25, -0.2) is 8.42 Å². The first-order valence-electron chi connectivity index (χ1n) is 8.45. The minimum Gasteiger partial charge on any atom is -0.454 e. The summed E-state index contributed by atoms with van der Waals surface area (Å²) < 4.78 is 35.0. The Morgan fingerprint density at radius 2 is 1.92 bits per heavy atom. The van der Waals surface area contributed by atoms with Crippen molar-refractivity contribution < 1.29 is 22.7 Å². The Labute approximate surface area is 153 Å². The van der Waals surface area contributed by atoms with Gasteiger partial charge in [0.25, 0.3) is 0 Å². The second-order valence-electron chi connectivity index (χ2n) is 6.24. The summed E-state index contributed by atoms with van der Waals surface area (Å²) in [6, 6.07) is 5.50. The van der Waals surface area contributed by atoms with Gasteiger partial charge in [-0.1, -0.05) is 6.07 Å². The zero-order valence-electron chi connectivity index (χ0n) is 14.7. The molecule has 26 heavy (non-hydrogen) atoms. The van der Waals surface area contributed by atoms with Gasteiger partial charge in [0.2, 0.25) is 22.7 Å². The van der Waals surface area contributed by atoms with Crippen LogP contribution in [0.25, 0.3) is 6.08 Å². The Morgan fingerprint density at radius 3 is 2.65 bits per heavy atom. The molecule has 1 fully saturated rings. The maximum atomic E-state index is 11.9. The molecular weight excluding hydrogens is 358 g/mol. The first-order chi connectivity index (χ1) is 12.4. The molecule has 0 bridgehead atoms. The summed E-state index contributed by atoms with van der Waals surface area (Å²) in [4.78, 5) is 14.1. The first kappa shape index (κ1) is 18.7. The Hall–Kier alpha value is -2.10. The van der Waals surface area contributed by atoms with Crippen LogP contribution in [0.3, 0.4) is 0 Å². The van der Waals surface area contributed by atoms with Gasteiger partial charge < -0.3 is 14.8 Å². The van der Waals surface area contributed by atoms with Crippen LogP contribution in [0.15, 0.2) is 24.3 Å². The SMILES string of the molecule is CS(=O)(=O)N1CCN(CCNC(=O)/C=C\c2ccc3c(c2)OCO3)CC1. The van der Waals surface area contributed by atoms with E-state index in [0.717, 1.165) is 5.56 Å². The van der Waals surface area contributed by atoms with E-state index in [1.165, 1.54) is 16.6 Å². The van der Waals surface area contributed by atoms with Crippen LogP contribution in [0.2, 0.25) is 0 Å². The average molecular weight is 381 g/mol. The predicted molar refractivity (Wildman–Crippen MR) is 97.5 cm³/mol. The van der Waals surface area contributed by atoms with E-state index in [0.29, 0.717) is 50.8 Å². The number of amides is 1. The lowest BCUT2D eigenvalue weighted by Crippen LogP contribution is -2.49. The summed E-state index contributed by atoms with van der Waals surface area (Å²) in [6.45, 7) is 3.78. The largest absolute Gasteiger partial charge is 0.454 e. The predicted octanol–water partition coefficient (Wildman–Crippen LogP) is 0.122. The average Bonchev–Trinajstić information content (AvgIpc) is 3.07.